The van der Waals surface area contributed by atoms with E-state index in [1.165, 1.54) is 36.5 Å². The molecule has 16 heavy (non-hydrogen) atoms. The topological polar surface area (TPSA) is 24.9 Å². The molecule has 1 aliphatic rings. The molecule has 0 saturated heterocycles. The zero-order valence-corrected chi connectivity index (χ0v) is 11.3. The van der Waals surface area contributed by atoms with Gasteiger partial charge in [-0.2, -0.15) is 0 Å². The van der Waals surface area contributed by atoms with Gasteiger partial charge in [0.1, 0.15) is 0 Å². The van der Waals surface area contributed by atoms with Gasteiger partial charge in [-0.1, -0.05) is 13.8 Å². The Kier molecular flexibility index (Phi) is 3.98. The Labute approximate surface area is 102 Å². The molecule has 2 rings (SSSR count). The summed E-state index contributed by atoms with van der Waals surface area (Å²) in [6.45, 7) is 7.71. The number of aromatic nitrogens is 1. The van der Waals surface area contributed by atoms with Crippen LogP contribution in [0.15, 0.2) is 5.38 Å². The maximum absolute atomic E-state index is 4.56. The van der Waals surface area contributed by atoms with Gasteiger partial charge in [-0.05, 0) is 38.1 Å². The number of thiazole rings is 1. The van der Waals surface area contributed by atoms with Crippen molar-refractivity contribution in [3.63, 3.8) is 0 Å². The first-order chi connectivity index (χ1) is 7.65. The molecule has 0 amide bonds. The molecule has 1 fully saturated rings. The van der Waals surface area contributed by atoms with Crippen molar-refractivity contribution in [3.05, 3.63) is 16.1 Å². The highest BCUT2D eigenvalue weighted by molar-refractivity contribution is 7.09. The van der Waals surface area contributed by atoms with Gasteiger partial charge in [-0.15, -0.1) is 11.3 Å². The highest BCUT2D eigenvalue weighted by Crippen LogP contribution is 2.36. The maximum Gasteiger partial charge on any atom is 0.0930 e. The highest BCUT2D eigenvalue weighted by atomic mass is 32.1. The van der Waals surface area contributed by atoms with E-state index in [1.807, 2.05) is 11.3 Å². The van der Waals surface area contributed by atoms with Gasteiger partial charge < -0.3 is 5.32 Å². The van der Waals surface area contributed by atoms with Crippen LogP contribution in [0.1, 0.15) is 37.4 Å². The lowest BCUT2D eigenvalue weighted by atomic mass is 9.72. The summed E-state index contributed by atoms with van der Waals surface area (Å²) < 4.78 is 0. The summed E-state index contributed by atoms with van der Waals surface area (Å²) in [6, 6.07) is 0.614. The lowest BCUT2D eigenvalue weighted by molar-refractivity contribution is 0.167. The number of hydrogen-bond acceptors (Lipinski definition) is 3. The van der Waals surface area contributed by atoms with Crippen molar-refractivity contribution in [1.29, 1.82) is 0 Å². The lowest BCUT2D eigenvalue weighted by Crippen LogP contribution is -2.38. The van der Waals surface area contributed by atoms with Crippen LogP contribution in [0.5, 0.6) is 0 Å². The Balaban J connectivity index is 1.78. The second-order valence-corrected chi connectivity index (χ2v) is 6.19. The summed E-state index contributed by atoms with van der Waals surface area (Å²) in [6.07, 6.45) is 3.99. The van der Waals surface area contributed by atoms with Crippen molar-refractivity contribution in [1.82, 2.24) is 10.3 Å². The average molecular weight is 238 g/mol. The molecule has 0 bridgehead atoms. The molecule has 2 atom stereocenters. The largest absolute Gasteiger partial charge is 0.314 e. The van der Waals surface area contributed by atoms with Crippen LogP contribution >= 0.6 is 11.3 Å². The fourth-order valence-electron chi connectivity index (χ4n) is 2.28. The van der Waals surface area contributed by atoms with E-state index in [9.17, 15) is 0 Å². The first-order valence-electron chi connectivity index (χ1n) is 6.29. The molecule has 1 saturated carbocycles. The number of nitrogens with one attached hydrogen (secondary N) is 1. The van der Waals surface area contributed by atoms with Crippen molar-refractivity contribution in [2.45, 2.75) is 46.1 Å². The molecule has 0 spiro atoms. The van der Waals surface area contributed by atoms with Crippen molar-refractivity contribution in [2.24, 2.45) is 11.8 Å². The van der Waals surface area contributed by atoms with Crippen molar-refractivity contribution in [2.75, 3.05) is 6.54 Å². The van der Waals surface area contributed by atoms with Gasteiger partial charge >= 0.3 is 0 Å². The summed E-state index contributed by atoms with van der Waals surface area (Å²) in [4.78, 5) is 4.56. The normalized spacial score (nSPS) is 24.8. The van der Waals surface area contributed by atoms with Crippen LogP contribution in [0.3, 0.4) is 0 Å². The number of hydrogen-bond donors (Lipinski definition) is 1. The van der Waals surface area contributed by atoms with Crippen LogP contribution in [0.25, 0.3) is 0 Å². The second-order valence-electron chi connectivity index (χ2n) is 5.25. The minimum Gasteiger partial charge on any atom is -0.314 e. The maximum atomic E-state index is 4.56. The first kappa shape index (κ1) is 12.1. The SMILES string of the molecule is Cc1csc(CC2CCC2CNC(C)C)n1. The minimum atomic E-state index is 0.614. The predicted molar refractivity (Wildman–Crippen MR) is 69.9 cm³/mol. The molecule has 2 unspecified atom stereocenters. The molecule has 1 N–H and O–H groups in total. The van der Waals surface area contributed by atoms with Gasteiger partial charge in [0.05, 0.1) is 5.01 Å². The molecule has 1 aromatic heterocycles. The molecular weight excluding hydrogens is 216 g/mol. The minimum absolute atomic E-state index is 0.614. The fraction of sp³-hybridized carbons (Fsp3) is 0.769. The standard InChI is InChI=1S/C13H22N2S/c1-9(2)14-7-12-5-4-11(12)6-13-15-10(3)8-16-13/h8-9,11-12,14H,4-7H2,1-3H3. The van der Waals surface area contributed by atoms with Gasteiger partial charge in [0.25, 0.3) is 0 Å². The van der Waals surface area contributed by atoms with Gasteiger partial charge in [-0.25, -0.2) is 4.98 Å². The van der Waals surface area contributed by atoms with Crippen LogP contribution in [0.2, 0.25) is 0 Å². The monoisotopic (exact) mass is 238 g/mol. The summed E-state index contributed by atoms with van der Waals surface area (Å²) >= 11 is 1.82. The van der Waals surface area contributed by atoms with E-state index in [0.29, 0.717) is 6.04 Å². The van der Waals surface area contributed by atoms with E-state index in [1.54, 1.807) is 0 Å². The van der Waals surface area contributed by atoms with Crippen LogP contribution in [0.4, 0.5) is 0 Å². The van der Waals surface area contributed by atoms with E-state index in [4.69, 9.17) is 0 Å². The number of nitrogens with zero attached hydrogens (tertiary/aromatic N) is 1. The van der Waals surface area contributed by atoms with Crippen molar-refractivity contribution < 1.29 is 0 Å². The van der Waals surface area contributed by atoms with Gasteiger partial charge in [-0.3, -0.25) is 0 Å². The Morgan fingerprint density at radius 2 is 2.19 bits per heavy atom. The quantitative estimate of drug-likeness (QED) is 0.853. The lowest BCUT2D eigenvalue weighted by Gasteiger charge is -2.37. The Morgan fingerprint density at radius 3 is 2.69 bits per heavy atom. The molecule has 1 aliphatic carbocycles. The molecular formula is C13H22N2S. The van der Waals surface area contributed by atoms with Crippen LogP contribution < -0.4 is 5.32 Å². The molecule has 2 nitrogen and oxygen atoms in total. The molecule has 1 aromatic rings. The third-order valence-electron chi connectivity index (χ3n) is 3.47. The number of aryl methyl sites for hydroxylation is 1. The van der Waals surface area contributed by atoms with Crippen LogP contribution in [0, 0.1) is 18.8 Å². The Morgan fingerprint density at radius 1 is 1.44 bits per heavy atom. The summed E-state index contributed by atoms with van der Waals surface area (Å²) in [5.74, 6) is 1.75. The summed E-state index contributed by atoms with van der Waals surface area (Å²) in [5.41, 5.74) is 1.18. The summed E-state index contributed by atoms with van der Waals surface area (Å²) in [5, 5.41) is 7.04. The molecule has 0 radical (unpaired) electrons. The Bertz CT molecular complexity index is 332. The van der Waals surface area contributed by atoms with E-state index in [-0.39, 0.29) is 0 Å². The second kappa shape index (κ2) is 5.28. The molecule has 0 aliphatic heterocycles. The smallest absolute Gasteiger partial charge is 0.0930 e. The fourth-order valence-corrected chi connectivity index (χ4v) is 3.15. The van der Waals surface area contributed by atoms with Crippen molar-refractivity contribution >= 4 is 11.3 Å². The Hall–Kier alpha value is -0.410. The molecule has 0 aromatic carbocycles. The zero-order chi connectivity index (χ0) is 11.5. The third kappa shape index (κ3) is 3.05. The van der Waals surface area contributed by atoms with Gasteiger partial charge in [0.2, 0.25) is 0 Å². The highest BCUT2D eigenvalue weighted by Gasteiger charge is 2.31. The van der Waals surface area contributed by atoms with E-state index >= 15 is 0 Å². The molecule has 1 heterocycles. The molecule has 3 heteroatoms. The molecule has 90 valence electrons. The van der Waals surface area contributed by atoms with E-state index in [2.05, 4.69) is 36.5 Å². The van der Waals surface area contributed by atoms with Crippen molar-refractivity contribution in [3.8, 4) is 0 Å². The number of rotatable bonds is 5. The zero-order valence-electron chi connectivity index (χ0n) is 10.5. The predicted octanol–water partition coefficient (Wildman–Crippen LogP) is 3.02. The van der Waals surface area contributed by atoms with Gasteiger partial charge in [0, 0.05) is 23.5 Å². The third-order valence-corrected chi connectivity index (χ3v) is 4.46. The first-order valence-corrected chi connectivity index (χ1v) is 7.17. The summed E-state index contributed by atoms with van der Waals surface area (Å²) in [7, 11) is 0. The van der Waals surface area contributed by atoms with Crippen LogP contribution in [-0.4, -0.2) is 17.6 Å². The van der Waals surface area contributed by atoms with E-state index < -0.39 is 0 Å². The van der Waals surface area contributed by atoms with Crippen LogP contribution in [-0.2, 0) is 6.42 Å². The average Bonchev–Trinajstić information content (AvgIpc) is 2.59. The van der Waals surface area contributed by atoms with Gasteiger partial charge in [0.15, 0.2) is 0 Å². The van der Waals surface area contributed by atoms with E-state index in [0.717, 1.165) is 11.8 Å².